The molecule has 3 atom stereocenters. The quantitative estimate of drug-likeness (QED) is 0.670. The van der Waals surface area contributed by atoms with Crippen LogP contribution in [0.1, 0.15) is 33.1 Å². The molecule has 1 aromatic heterocycles. The fourth-order valence-corrected chi connectivity index (χ4v) is 5.73. The number of nitrogens with zero attached hydrogens (tertiary/aromatic N) is 3. The molecule has 11 heteroatoms. The number of amides is 1. The van der Waals surface area contributed by atoms with E-state index in [0.29, 0.717) is 36.8 Å². The summed E-state index contributed by atoms with van der Waals surface area (Å²) < 4.78 is 35.8. The highest BCUT2D eigenvalue weighted by atomic mass is 32.2. The first-order chi connectivity index (χ1) is 13.8. The molecule has 9 nitrogen and oxygen atoms in total. The van der Waals surface area contributed by atoms with Crippen LogP contribution in [0.25, 0.3) is 11.0 Å². The normalized spacial score (nSPS) is 20.3. The largest absolute Gasteiger partial charge is 0.480 e. The van der Waals surface area contributed by atoms with Crippen LogP contribution in [0.15, 0.2) is 23.1 Å². The van der Waals surface area contributed by atoms with Gasteiger partial charge in [-0.05, 0) is 30.9 Å². The van der Waals surface area contributed by atoms with Gasteiger partial charge in [0.2, 0.25) is 15.9 Å². The van der Waals surface area contributed by atoms with E-state index in [1.807, 2.05) is 6.92 Å². The molecule has 3 rings (SSSR count). The predicted molar refractivity (Wildman–Crippen MR) is 108 cm³/mol. The summed E-state index contributed by atoms with van der Waals surface area (Å²) in [6.07, 6.45) is 1.63. The molecule has 0 spiro atoms. The van der Waals surface area contributed by atoms with Crippen molar-refractivity contribution in [1.29, 1.82) is 0 Å². The number of nitrogens with one attached hydrogen (secondary N) is 1. The summed E-state index contributed by atoms with van der Waals surface area (Å²) >= 11 is 0.947. The summed E-state index contributed by atoms with van der Waals surface area (Å²) in [6, 6.07) is 3.82. The molecule has 1 aliphatic heterocycles. The number of carbonyl (C=O) groups is 2. The van der Waals surface area contributed by atoms with E-state index >= 15 is 0 Å². The fourth-order valence-electron chi connectivity index (χ4n) is 3.46. The van der Waals surface area contributed by atoms with Gasteiger partial charge in [-0.1, -0.05) is 26.3 Å². The Morgan fingerprint density at radius 3 is 2.83 bits per heavy atom. The molecular weight excluding hydrogens is 416 g/mol. The Hall–Kier alpha value is -2.11. The summed E-state index contributed by atoms with van der Waals surface area (Å²) in [4.78, 5) is 24.3. The first kappa shape index (κ1) is 21.6. The van der Waals surface area contributed by atoms with Crippen molar-refractivity contribution in [2.45, 2.75) is 44.0 Å². The van der Waals surface area contributed by atoms with E-state index in [2.05, 4.69) is 14.1 Å². The number of carbonyl (C=O) groups excluding carboxylic acids is 1. The van der Waals surface area contributed by atoms with Crippen LogP contribution in [0, 0.1) is 11.8 Å². The number of aromatic nitrogens is 2. The lowest BCUT2D eigenvalue weighted by Gasteiger charge is -2.32. The molecule has 2 aromatic rings. The molecule has 158 valence electrons. The number of hydrogen-bond donors (Lipinski definition) is 2. The molecule has 0 bridgehead atoms. The lowest BCUT2D eigenvalue weighted by Crippen LogP contribution is -2.51. The van der Waals surface area contributed by atoms with Crippen LogP contribution >= 0.6 is 11.7 Å². The van der Waals surface area contributed by atoms with Gasteiger partial charge in [0.25, 0.3) is 0 Å². The summed E-state index contributed by atoms with van der Waals surface area (Å²) in [7, 11) is -3.85. The Bertz CT molecular complexity index is 1010. The zero-order valence-corrected chi connectivity index (χ0v) is 17.9. The molecular formula is C18H24N4O5S2. The monoisotopic (exact) mass is 440 g/mol. The SMILES string of the molecule is CC[C@H](C)[C@H](NC(=O)[C@H]1CCCN(S(=O)(=O)c2cccc3nsnc23)C1)C(=O)O. The second-order valence-electron chi connectivity index (χ2n) is 7.30. The summed E-state index contributed by atoms with van der Waals surface area (Å²) in [5, 5.41) is 12.0. The minimum absolute atomic E-state index is 0.00889. The third-order valence-corrected chi connectivity index (χ3v) is 7.84. The van der Waals surface area contributed by atoms with E-state index in [0.717, 1.165) is 11.7 Å². The molecule has 1 fully saturated rings. The van der Waals surface area contributed by atoms with Gasteiger partial charge in [-0.3, -0.25) is 4.79 Å². The van der Waals surface area contributed by atoms with Crippen LogP contribution in [-0.2, 0) is 19.6 Å². The highest BCUT2D eigenvalue weighted by molar-refractivity contribution is 7.89. The molecule has 0 saturated carbocycles. The average Bonchev–Trinajstić information content (AvgIpc) is 3.19. The van der Waals surface area contributed by atoms with Gasteiger partial charge < -0.3 is 10.4 Å². The molecule has 2 N–H and O–H groups in total. The lowest BCUT2D eigenvalue weighted by atomic mass is 9.95. The molecule has 0 radical (unpaired) electrons. The first-order valence-corrected chi connectivity index (χ1v) is 11.7. The number of hydrogen-bond acceptors (Lipinski definition) is 7. The number of rotatable bonds is 7. The highest BCUT2D eigenvalue weighted by Gasteiger charge is 2.36. The highest BCUT2D eigenvalue weighted by Crippen LogP contribution is 2.28. The van der Waals surface area contributed by atoms with Gasteiger partial charge in [0.15, 0.2) is 0 Å². The number of benzene rings is 1. The van der Waals surface area contributed by atoms with Gasteiger partial charge in [0, 0.05) is 13.1 Å². The fraction of sp³-hybridized carbons (Fsp3) is 0.556. The van der Waals surface area contributed by atoms with Crippen molar-refractivity contribution in [3.8, 4) is 0 Å². The van der Waals surface area contributed by atoms with E-state index < -0.39 is 33.9 Å². The average molecular weight is 441 g/mol. The van der Waals surface area contributed by atoms with Crippen molar-refractivity contribution in [3.63, 3.8) is 0 Å². The van der Waals surface area contributed by atoms with Crippen LogP contribution in [0.2, 0.25) is 0 Å². The first-order valence-electron chi connectivity index (χ1n) is 9.50. The second-order valence-corrected chi connectivity index (χ2v) is 9.74. The molecule has 1 aliphatic rings. The van der Waals surface area contributed by atoms with E-state index in [1.165, 1.54) is 10.4 Å². The molecule has 29 heavy (non-hydrogen) atoms. The smallest absolute Gasteiger partial charge is 0.326 e. The van der Waals surface area contributed by atoms with Crippen LogP contribution in [0.3, 0.4) is 0 Å². The molecule has 1 aromatic carbocycles. The lowest BCUT2D eigenvalue weighted by molar-refractivity contribution is -0.144. The van der Waals surface area contributed by atoms with Crippen LogP contribution < -0.4 is 5.32 Å². The van der Waals surface area contributed by atoms with Gasteiger partial charge in [-0.25, -0.2) is 13.2 Å². The molecule has 0 aliphatic carbocycles. The van der Waals surface area contributed by atoms with Crippen LogP contribution in [-0.4, -0.2) is 57.6 Å². The minimum atomic E-state index is -3.85. The van der Waals surface area contributed by atoms with Crippen LogP contribution in [0.5, 0.6) is 0 Å². The third kappa shape index (κ3) is 4.41. The van der Waals surface area contributed by atoms with E-state index in [4.69, 9.17) is 0 Å². The Kier molecular flexibility index (Phi) is 6.49. The maximum Gasteiger partial charge on any atom is 0.326 e. The maximum atomic E-state index is 13.2. The van der Waals surface area contributed by atoms with Crippen molar-refractivity contribution in [3.05, 3.63) is 18.2 Å². The van der Waals surface area contributed by atoms with E-state index in [1.54, 1.807) is 19.1 Å². The standard InChI is InChI=1S/C18H24N4O5S2/c1-3-11(2)15(18(24)25)19-17(23)12-6-5-9-22(10-12)29(26,27)14-8-4-7-13-16(14)21-28-20-13/h4,7-8,11-12,15H,3,5-6,9-10H2,1-2H3,(H,19,23)(H,24,25)/t11-,12-,15-/m0/s1. The van der Waals surface area contributed by atoms with Crippen molar-refractivity contribution in [1.82, 2.24) is 18.4 Å². The van der Waals surface area contributed by atoms with Crippen molar-refractivity contribution in [2.75, 3.05) is 13.1 Å². The number of sulfonamides is 1. The van der Waals surface area contributed by atoms with Gasteiger partial charge >= 0.3 is 5.97 Å². The zero-order chi connectivity index (χ0) is 21.2. The Morgan fingerprint density at radius 1 is 1.38 bits per heavy atom. The van der Waals surface area contributed by atoms with Crippen LogP contribution in [0.4, 0.5) is 0 Å². The second kappa shape index (κ2) is 8.72. The molecule has 2 heterocycles. The minimum Gasteiger partial charge on any atom is -0.480 e. The number of carboxylic acids is 1. The third-order valence-electron chi connectivity index (χ3n) is 5.40. The van der Waals surface area contributed by atoms with E-state index in [-0.39, 0.29) is 17.4 Å². The van der Waals surface area contributed by atoms with E-state index in [9.17, 15) is 23.1 Å². The molecule has 1 saturated heterocycles. The zero-order valence-electron chi connectivity index (χ0n) is 16.2. The maximum absolute atomic E-state index is 13.2. The summed E-state index contributed by atoms with van der Waals surface area (Å²) in [5.74, 6) is -2.34. The van der Waals surface area contributed by atoms with Crippen molar-refractivity contribution < 1.29 is 23.1 Å². The topological polar surface area (TPSA) is 130 Å². The van der Waals surface area contributed by atoms with Crippen molar-refractivity contribution in [2.24, 2.45) is 11.8 Å². The number of fused-ring (bicyclic) bond motifs is 1. The molecule has 0 unspecified atom stereocenters. The number of piperidine rings is 1. The van der Waals surface area contributed by atoms with Crippen molar-refractivity contribution >= 4 is 44.7 Å². The van der Waals surface area contributed by atoms with Gasteiger partial charge in [-0.2, -0.15) is 13.1 Å². The number of aliphatic carboxylic acids is 1. The Labute approximate surface area is 173 Å². The predicted octanol–water partition coefficient (Wildman–Crippen LogP) is 1.71. The Balaban J connectivity index is 1.79. The van der Waals surface area contributed by atoms with Gasteiger partial charge in [-0.15, -0.1) is 0 Å². The number of carboxylic acid groups (broad SMARTS) is 1. The Morgan fingerprint density at radius 2 is 2.14 bits per heavy atom. The molecule has 1 amide bonds. The van der Waals surface area contributed by atoms with Gasteiger partial charge in [0.05, 0.1) is 17.6 Å². The summed E-state index contributed by atoms with van der Waals surface area (Å²) in [6.45, 7) is 3.93. The van der Waals surface area contributed by atoms with Gasteiger partial charge in [0.1, 0.15) is 22.0 Å². The summed E-state index contributed by atoms with van der Waals surface area (Å²) in [5.41, 5.74) is 0.840.